The number of hydrogen-bond acceptors (Lipinski definition) is 5. The molecule has 1 fully saturated rings. The second-order valence-electron chi connectivity index (χ2n) is 6.62. The number of hydrogen-bond donors (Lipinski definition) is 2. The summed E-state index contributed by atoms with van der Waals surface area (Å²) in [4.78, 5) is 20.4. The van der Waals surface area contributed by atoms with Gasteiger partial charge in [-0.2, -0.15) is 0 Å². The van der Waals surface area contributed by atoms with E-state index in [0.717, 1.165) is 24.9 Å². The van der Waals surface area contributed by atoms with Crippen molar-refractivity contribution in [1.29, 1.82) is 0 Å². The molecule has 1 aliphatic carbocycles. The van der Waals surface area contributed by atoms with Crippen LogP contribution in [0, 0.1) is 0 Å². The molecule has 0 spiro atoms. The number of benzene rings is 1. The van der Waals surface area contributed by atoms with Crippen LogP contribution < -0.4 is 9.47 Å². The number of ether oxygens (including phenoxy) is 2. The van der Waals surface area contributed by atoms with E-state index in [2.05, 4.69) is 11.0 Å². The van der Waals surface area contributed by atoms with Crippen molar-refractivity contribution in [3.05, 3.63) is 35.6 Å². The number of fused-ring (bicyclic) bond motifs is 1. The number of phosphoric ester groups is 1. The predicted octanol–water partition coefficient (Wildman–Crippen LogP) is 2.43. The van der Waals surface area contributed by atoms with Crippen molar-refractivity contribution in [3.63, 3.8) is 0 Å². The number of likely N-dealkylation sites (N-methyl/N-ethyl adjacent to an activating group) is 1. The average molecular weight is 369 g/mol. The molecule has 1 aliphatic heterocycles. The highest BCUT2D eigenvalue weighted by Crippen LogP contribution is 2.51. The Morgan fingerprint density at radius 3 is 2.56 bits per heavy atom. The Hall–Kier alpha value is -1.53. The molecule has 1 aromatic rings. The summed E-state index contributed by atoms with van der Waals surface area (Å²) >= 11 is 0. The van der Waals surface area contributed by atoms with E-state index in [-0.39, 0.29) is 11.5 Å². The highest BCUT2D eigenvalue weighted by atomic mass is 31.2. The topological polar surface area (TPSA) is 88.5 Å². The third-order valence-electron chi connectivity index (χ3n) is 5.31. The molecule has 0 saturated carbocycles. The molecule has 2 atom stereocenters. The Morgan fingerprint density at radius 1 is 1.20 bits per heavy atom. The number of methoxy groups -OCH3 is 2. The van der Waals surface area contributed by atoms with Crippen molar-refractivity contribution < 1.29 is 28.3 Å². The van der Waals surface area contributed by atoms with E-state index in [1.165, 1.54) is 0 Å². The maximum atomic E-state index is 11.2. The molecule has 0 radical (unpaired) electrons. The predicted molar refractivity (Wildman–Crippen MR) is 92.7 cm³/mol. The maximum absolute atomic E-state index is 11.2. The lowest BCUT2D eigenvalue weighted by molar-refractivity contribution is 0.203. The normalized spacial score (nSPS) is 26.8. The third-order valence-corrected chi connectivity index (χ3v) is 5.78. The van der Waals surface area contributed by atoms with Crippen molar-refractivity contribution >= 4 is 7.82 Å². The van der Waals surface area contributed by atoms with Crippen LogP contribution in [0.3, 0.4) is 0 Å². The molecular weight excluding hydrogens is 345 g/mol. The van der Waals surface area contributed by atoms with Gasteiger partial charge in [0.15, 0.2) is 11.5 Å². The fraction of sp³-hybridized carbons (Fsp3) is 0.529. The van der Waals surface area contributed by atoms with Gasteiger partial charge >= 0.3 is 7.82 Å². The zero-order valence-electron chi connectivity index (χ0n) is 14.6. The van der Waals surface area contributed by atoms with Gasteiger partial charge in [0, 0.05) is 17.9 Å². The van der Waals surface area contributed by atoms with Crippen LogP contribution in [0.2, 0.25) is 0 Å². The molecular formula is C17H24NO6P. The largest absolute Gasteiger partial charge is 0.524 e. The zero-order valence-corrected chi connectivity index (χ0v) is 15.5. The summed E-state index contributed by atoms with van der Waals surface area (Å²) in [6.45, 7) is 0.901. The first-order valence-corrected chi connectivity index (χ1v) is 9.71. The van der Waals surface area contributed by atoms with Crippen LogP contribution >= 0.6 is 7.82 Å². The first kappa shape index (κ1) is 18.3. The molecule has 7 nitrogen and oxygen atoms in total. The first-order chi connectivity index (χ1) is 11.8. The summed E-state index contributed by atoms with van der Waals surface area (Å²) in [6, 6.07) is 5.98. The van der Waals surface area contributed by atoms with E-state index in [1.54, 1.807) is 14.2 Å². The second-order valence-corrected chi connectivity index (χ2v) is 7.78. The van der Waals surface area contributed by atoms with Gasteiger partial charge in [-0.25, -0.2) is 4.57 Å². The van der Waals surface area contributed by atoms with Gasteiger partial charge < -0.3 is 14.0 Å². The van der Waals surface area contributed by atoms with Crippen LogP contribution in [0.15, 0.2) is 30.0 Å². The molecule has 2 N–H and O–H groups in total. The van der Waals surface area contributed by atoms with Crippen molar-refractivity contribution in [2.75, 3.05) is 27.8 Å². The lowest BCUT2D eigenvalue weighted by Gasteiger charge is -2.40. The molecule has 0 amide bonds. The summed E-state index contributed by atoms with van der Waals surface area (Å²) in [5.41, 5.74) is 1.02. The molecule has 138 valence electrons. The molecule has 25 heavy (non-hydrogen) atoms. The van der Waals surface area contributed by atoms with E-state index in [4.69, 9.17) is 23.8 Å². The summed E-state index contributed by atoms with van der Waals surface area (Å²) in [7, 11) is 0.710. The lowest BCUT2D eigenvalue weighted by Crippen LogP contribution is -2.42. The number of allylic oxidation sites excluding steroid dienone is 1. The van der Waals surface area contributed by atoms with E-state index < -0.39 is 7.82 Å². The summed E-state index contributed by atoms with van der Waals surface area (Å²) in [5.74, 6) is 1.73. The summed E-state index contributed by atoms with van der Waals surface area (Å²) in [5, 5.41) is 0. The number of rotatable bonds is 5. The Morgan fingerprint density at radius 2 is 1.92 bits per heavy atom. The van der Waals surface area contributed by atoms with Crippen LogP contribution in [0.25, 0.3) is 0 Å². The highest BCUT2D eigenvalue weighted by molar-refractivity contribution is 7.46. The minimum absolute atomic E-state index is 0.0147. The Bertz CT molecular complexity index is 730. The molecule has 2 unspecified atom stereocenters. The highest BCUT2D eigenvalue weighted by Gasteiger charge is 2.49. The molecule has 0 aromatic heterocycles. The number of phosphoric acid groups is 1. The second kappa shape index (κ2) is 6.65. The van der Waals surface area contributed by atoms with Gasteiger partial charge in [0.05, 0.1) is 14.2 Å². The Balaban J connectivity index is 1.99. The van der Waals surface area contributed by atoms with E-state index in [9.17, 15) is 4.57 Å². The van der Waals surface area contributed by atoms with Crippen molar-refractivity contribution in [2.45, 2.75) is 30.7 Å². The minimum atomic E-state index is -4.53. The van der Waals surface area contributed by atoms with Gasteiger partial charge in [-0.1, -0.05) is 6.07 Å². The van der Waals surface area contributed by atoms with Crippen LogP contribution in [0.5, 0.6) is 11.5 Å². The van der Waals surface area contributed by atoms with E-state index >= 15 is 0 Å². The van der Waals surface area contributed by atoms with Gasteiger partial charge in [0.1, 0.15) is 5.76 Å². The third kappa shape index (κ3) is 3.42. The van der Waals surface area contributed by atoms with E-state index in [1.807, 2.05) is 25.3 Å². The summed E-state index contributed by atoms with van der Waals surface area (Å²) in [6.07, 6.45) is 4.06. The number of nitrogens with zero attached hydrogens (tertiary/aromatic N) is 1. The van der Waals surface area contributed by atoms with Crippen LogP contribution in [-0.4, -0.2) is 48.5 Å². The molecule has 2 aliphatic rings. The van der Waals surface area contributed by atoms with Crippen LogP contribution in [-0.2, 0) is 14.5 Å². The fourth-order valence-corrected chi connectivity index (χ4v) is 4.54. The molecule has 1 heterocycles. The molecule has 0 bridgehead atoms. The fourth-order valence-electron chi connectivity index (χ4n) is 4.08. The Labute approximate surface area is 147 Å². The van der Waals surface area contributed by atoms with Gasteiger partial charge in [0.2, 0.25) is 0 Å². The van der Waals surface area contributed by atoms with Gasteiger partial charge in [-0.3, -0.25) is 14.7 Å². The van der Waals surface area contributed by atoms with Crippen LogP contribution in [0.1, 0.15) is 24.8 Å². The quantitative estimate of drug-likeness (QED) is 0.771. The smallest absolute Gasteiger partial charge is 0.493 e. The van der Waals surface area contributed by atoms with Crippen molar-refractivity contribution in [1.82, 2.24) is 4.90 Å². The van der Waals surface area contributed by atoms with E-state index in [0.29, 0.717) is 23.7 Å². The molecule has 1 saturated heterocycles. The maximum Gasteiger partial charge on any atom is 0.524 e. The minimum Gasteiger partial charge on any atom is -0.493 e. The number of likely N-dealkylation sites (tertiary alicyclic amines) is 1. The average Bonchev–Trinajstić information content (AvgIpc) is 2.91. The lowest BCUT2D eigenvalue weighted by atomic mass is 9.68. The van der Waals surface area contributed by atoms with Crippen molar-refractivity contribution in [3.8, 4) is 11.5 Å². The van der Waals surface area contributed by atoms with Gasteiger partial charge in [0.25, 0.3) is 0 Å². The van der Waals surface area contributed by atoms with Crippen molar-refractivity contribution in [2.24, 2.45) is 0 Å². The van der Waals surface area contributed by atoms with Gasteiger partial charge in [-0.15, -0.1) is 0 Å². The molecule has 3 rings (SSSR count). The molecule has 8 heteroatoms. The van der Waals surface area contributed by atoms with Crippen LogP contribution in [0.4, 0.5) is 0 Å². The van der Waals surface area contributed by atoms with Gasteiger partial charge in [-0.05, 0) is 50.2 Å². The SMILES string of the molecule is COc1ccc(C23CCC(OP(=O)(O)O)=CC2N(C)CC3)cc1OC. The first-order valence-electron chi connectivity index (χ1n) is 8.18. The zero-order chi connectivity index (χ0) is 18.2. The standard InChI is InChI=1S/C17H24NO6P/c1-18-9-8-17(12-4-5-14(22-2)15(10-12)23-3)7-6-13(11-16(17)18)24-25(19,20)21/h4-5,10-11,16H,6-9H2,1-3H3,(H2,19,20,21). The monoisotopic (exact) mass is 369 g/mol. The summed E-state index contributed by atoms with van der Waals surface area (Å²) < 4.78 is 26.8. The molecule has 1 aromatic carbocycles. The Kier molecular flexibility index (Phi) is 4.86.